The Balaban J connectivity index is 0. The van der Waals surface area contributed by atoms with Gasteiger partial charge >= 0.3 is 47.3 Å². The number of ether oxygens (including phenoxy) is 2. The first-order valence-corrected chi connectivity index (χ1v) is 18.9. The van der Waals surface area contributed by atoms with Crippen LogP contribution in [0.1, 0.15) is 98.8 Å². The number of rotatable bonds is 26. The lowest BCUT2D eigenvalue weighted by atomic mass is 10.1. The molecule has 18 nitrogen and oxygen atoms in total. The van der Waals surface area contributed by atoms with E-state index in [2.05, 4.69) is 42.5 Å². The van der Waals surface area contributed by atoms with Crippen molar-refractivity contribution in [2.24, 2.45) is 0 Å². The lowest BCUT2D eigenvalue weighted by Crippen LogP contribution is -2.46. The zero-order valence-electron chi connectivity index (χ0n) is 32.5. The van der Waals surface area contributed by atoms with Crippen molar-refractivity contribution in [1.82, 2.24) is 42.5 Å². The monoisotopic (exact) mass is 758 g/mol. The lowest BCUT2D eigenvalue weighted by molar-refractivity contribution is -0.139. The third-order valence-electron chi connectivity index (χ3n) is 7.13. The summed E-state index contributed by atoms with van der Waals surface area (Å²) in [6.45, 7) is 13.6. The summed E-state index contributed by atoms with van der Waals surface area (Å²) in [4.78, 5) is 92.2. The predicted octanol–water partition coefficient (Wildman–Crippen LogP) is -0.695. The van der Waals surface area contributed by atoms with Crippen LogP contribution in [0.4, 0.5) is 0 Å². The highest BCUT2D eigenvalue weighted by Crippen LogP contribution is 1.97. The summed E-state index contributed by atoms with van der Waals surface area (Å²) in [6.07, 6.45) is 8.13. The van der Waals surface area contributed by atoms with E-state index in [0.29, 0.717) is 52.2 Å². The van der Waals surface area contributed by atoms with Gasteiger partial charge in [-0.15, -0.1) is 0 Å². The minimum Gasteiger partial charge on any atom is -0.377 e. The minimum absolute atomic E-state index is 0.225. The van der Waals surface area contributed by atoms with Crippen LogP contribution in [0.25, 0.3) is 0 Å². The van der Waals surface area contributed by atoms with Gasteiger partial charge in [-0.25, -0.2) is 0 Å². The highest BCUT2D eigenvalue weighted by Gasteiger charge is 2.18. The fraction of sp³-hybridized carbons (Fsp3) is 0.771. The van der Waals surface area contributed by atoms with Gasteiger partial charge in [-0.1, -0.05) is 60.3 Å². The molecule has 0 bridgehead atoms. The van der Waals surface area contributed by atoms with E-state index in [1.54, 1.807) is 0 Å². The Morgan fingerprint density at radius 1 is 0.377 bits per heavy atom. The summed E-state index contributed by atoms with van der Waals surface area (Å²) in [6, 6.07) is -0.243. The quantitative estimate of drug-likeness (QED) is 0.0407. The Kier molecular flexibility index (Phi) is 34.6. The van der Waals surface area contributed by atoms with Gasteiger partial charge in [0.05, 0.1) is 26.4 Å². The number of nitrogens with one attached hydrogen (secondary N) is 8. The second kappa shape index (κ2) is 36.1. The molecule has 53 heavy (non-hydrogen) atoms. The van der Waals surface area contributed by atoms with Gasteiger partial charge in [0.2, 0.25) is 0 Å². The van der Waals surface area contributed by atoms with E-state index < -0.39 is 47.3 Å². The molecule has 1 unspecified atom stereocenters. The summed E-state index contributed by atoms with van der Waals surface area (Å²) in [5, 5.41) is 20.2. The van der Waals surface area contributed by atoms with E-state index in [0.717, 1.165) is 51.4 Å². The van der Waals surface area contributed by atoms with Crippen LogP contribution < -0.4 is 42.5 Å². The fourth-order valence-corrected chi connectivity index (χ4v) is 3.86. The van der Waals surface area contributed by atoms with Crippen LogP contribution in [-0.4, -0.2) is 126 Å². The number of amides is 8. The van der Waals surface area contributed by atoms with Crippen molar-refractivity contribution in [3.8, 4) is 0 Å². The maximum absolute atomic E-state index is 11.8. The fourth-order valence-electron chi connectivity index (χ4n) is 3.86. The van der Waals surface area contributed by atoms with Gasteiger partial charge in [0.15, 0.2) is 0 Å². The molecule has 0 radical (unpaired) electrons. The Morgan fingerprint density at radius 2 is 0.660 bits per heavy atom. The van der Waals surface area contributed by atoms with Gasteiger partial charge in [0.1, 0.15) is 0 Å². The molecule has 306 valence electrons. The number of carbonyl (C=O) groups excluding carboxylic acids is 8. The molecular weight excluding hydrogens is 692 g/mol. The van der Waals surface area contributed by atoms with Gasteiger partial charge in [-0.2, -0.15) is 0 Å². The molecule has 0 heterocycles. The third kappa shape index (κ3) is 31.0. The molecule has 0 aliphatic carbocycles. The first-order valence-electron chi connectivity index (χ1n) is 18.9. The van der Waals surface area contributed by atoms with Gasteiger partial charge in [0.25, 0.3) is 0 Å². The molecule has 8 amide bonds. The lowest BCUT2D eigenvalue weighted by Gasteiger charge is -2.17. The molecule has 0 spiro atoms. The molecule has 0 fully saturated rings. The summed E-state index contributed by atoms with van der Waals surface area (Å²) in [7, 11) is 0. The van der Waals surface area contributed by atoms with E-state index in [9.17, 15) is 38.4 Å². The summed E-state index contributed by atoms with van der Waals surface area (Å²) < 4.78 is 10.5. The molecule has 0 aromatic heterocycles. The van der Waals surface area contributed by atoms with Crippen LogP contribution >= 0.6 is 0 Å². The molecule has 0 aliphatic heterocycles. The van der Waals surface area contributed by atoms with Crippen molar-refractivity contribution in [1.29, 1.82) is 0 Å². The average Bonchev–Trinajstić information content (AvgIpc) is 3.15. The van der Waals surface area contributed by atoms with E-state index in [1.165, 1.54) is 0 Å². The van der Waals surface area contributed by atoms with Crippen molar-refractivity contribution in [3.05, 3.63) is 0 Å². The van der Waals surface area contributed by atoms with Crippen LogP contribution in [0.3, 0.4) is 0 Å². The minimum atomic E-state index is -0.686. The maximum Gasteiger partial charge on any atom is 0.309 e. The number of unbranched alkanes of at least 4 members (excludes halogenated alkanes) is 4. The van der Waals surface area contributed by atoms with Gasteiger partial charge in [0, 0.05) is 51.9 Å². The van der Waals surface area contributed by atoms with Gasteiger partial charge in [-0.3, -0.25) is 38.4 Å². The van der Waals surface area contributed by atoms with Crippen molar-refractivity contribution < 1.29 is 47.8 Å². The van der Waals surface area contributed by atoms with Crippen molar-refractivity contribution >= 4 is 47.3 Å². The Labute approximate surface area is 314 Å². The van der Waals surface area contributed by atoms with Crippen molar-refractivity contribution in [2.45, 2.75) is 105 Å². The molecule has 0 saturated heterocycles. The first-order chi connectivity index (χ1) is 25.5. The second-order valence-electron chi connectivity index (χ2n) is 11.8. The third-order valence-corrected chi connectivity index (χ3v) is 7.13. The summed E-state index contributed by atoms with van der Waals surface area (Å²) >= 11 is 0. The summed E-state index contributed by atoms with van der Waals surface area (Å²) in [5.74, 6) is -5.29. The topological polar surface area (TPSA) is 251 Å². The smallest absolute Gasteiger partial charge is 0.309 e. The standard InChI is InChI=1S/C18H34N4O6.C17H32N4O4/c1-3-5-7-19-15(23)17(25)21-9-11-27-13-14-28-12-10-22-18(26)16(24)20-8-6-4-2;1-4-7-10-18-14(22)15(23)20-12-9-13(6-3)21-17(25)16(24)19-11-8-5-2/h3-14H2,1-2H3,(H,19,23)(H,20,24)(H,21,25)(H,22,26);13H,4-12H2,1-3H3,(H,18,22)(H,19,24)(H,20,23)(H,21,25). The number of carbonyl (C=O) groups is 8. The van der Waals surface area contributed by atoms with E-state index >= 15 is 0 Å². The summed E-state index contributed by atoms with van der Waals surface area (Å²) in [5.41, 5.74) is 0. The van der Waals surface area contributed by atoms with Crippen molar-refractivity contribution in [3.63, 3.8) is 0 Å². The SMILES string of the molecule is CCCCNC(=O)C(=O)NCCC(CC)NC(=O)C(=O)NCCCC.CCCCNC(=O)C(=O)NCCOCCOCCNC(=O)C(=O)NCCCC. The van der Waals surface area contributed by atoms with Crippen LogP contribution in [0, 0.1) is 0 Å². The number of hydrogen-bond donors (Lipinski definition) is 8. The molecule has 8 N–H and O–H groups in total. The van der Waals surface area contributed by atoms with E-state index in [-0.39, 0.29) is 38.9 Å². The molecule has 1 atom stereocenters. The molecule has 0 aromatic carbocycles. The molecule has 0 saturated carbocycles. The van der Waals surface area contributed by atoms with Crippen LogP contribution in [-0.2, 0) is 47.8 Å². The van der Waals surface area contributed by atoms with E-state index in [4.69, 9.17) is 9.47 Å². The number of hydrogen-bond acceptors (Lipinski definition) is 10. The van der Waals surface area contributed by atoms with Crippen LogP contribution in [0.5, 0.6) is 0 Å². The highest BCUT2D eigenvalue weighted by molar-refractivity contribution is 6.36. The molecular formula is C35H66N8O10. The van der Waals surface area contributed by atoms with Crippen molar-refractivity contribution in [2.75, 3.05) is 72.2 Å². The highest BCUT2D eigenvalue weighted by atomic mass is 16.5. The molecule has 0 aliphatic rings. The Morgan fingerprint density at radius 3 is 0.962 bits per heavy atom. The molecule has 18 heteroatoms. The van der Waals surface area contributed by atoms with Crippen LogP contribution in [0.15, 0.2) is 0 Å². The maximum atomic E-state index is 11.8. The van der Waals surface area contributed by atoms with E-state index in [1.807, 2.05) is 34.6 Å². The molecule has 0 rings (SSSR count). The average molecular weight is 759 g/mol. The zero-order chi connectivity index (χ0) is 40.1. The second-order valence-corrected chi connectivity index (χ2v) is 11.8. The van der Waals surface area contributed by atoms with Crippen LogP contribution in [0.2, 0.25) is 0 Å². The largest absolute Gasteiger partial charge is 0.377 e. The zero-order valence-corrected chi connectivity index (χ0v) is 32.5. The first kappa shape index (κ1) is 50.8. The predicted molar refractivity (Wildman–Crippen MR) is 199 cm³/mol. The normalized spacial score (nSPS) is 10.7. The molecule has 0 aromatic rings. The van der Waals surface area contributed by atoms with Gasteiger partial charge in [-0.05, 0) is 38.5 Å². The van der Waals surface area contributed by atoms with Gasteiger partial charge < -0.3 is 52.0 Å². The Hall–Kier alpha value is -4.32. The Bertz CT molecular complexity index is 1040.